The number of halogens is 1. The first-order valence-electron chi connectivity index (χ1n) is 4.59. The second-order valence-electron chi connectivity index (χ2n) is 4.36. The van der Waals surface area contributed by atoms with E-state index in [0.29, 0.717) is 8.66 Å². The maximum atomic E-state index is 12.0. The van der Waals surface area contributed by atoms with Crippen molar-refractivity contribution in [2.24, 2.45) is 0 Å². The molecular formula is C9H14BrNO3S2. The van der Waals surface area contributed by atoms with Gasteiger partial charge in [0.1, 0.15) is 4.90 Å². The normalized spacial score (nSPS) is 13.1. The number of aliphatic hydroxyl groups excluding tert-OH is 1. The molecule has 0 aromatic carbocycles. The van der Waals surface area contributed by atoms with E-state index in [0.717, 1.165) is 0 Å². The lowest BCUT2D eigenvalue weighted by molar-refractivity contribution is 0.285. The molecule has 1 heterocycles. The summed E-state index contributed by atoms with van der Waals surface area (Å²) in [5.74, 6) is 0. The van der Waals surface area contributed by atoms with E-state index in [4.69, 9.17) is 5.11 Å². The fraction of sp³-hybridized carbons (Fsp3) is 0.556. The topological polar surface area (TPSA) is 66.4 Å². The predicted molar refractivity (Wildman–Crippen MR) is 68.0 cm³/mol. The van der Waals surface area contributed by atoms with Crippen LogP contribution in [0.1, 0.15) is 25.6 Å². The molecule has 0 saturated heterocycles. The summed E-state index contributed by atoms with van der Waals surface area (Å²) < 4.78 is 27.0. The Morgan fingerprint density at radius 3 is 2.44 bits per heavy atom. The minimum absolute atomic E-state index is 0.158. The lowest BCUT2D eigenvalue weighted by Gasteiger charge is -2.19. The second-order valence-corrected chi connectivity index (χ2v) is 8.47. The summed E-state index contributed by atoms with van der Waals surface area (Å²) in [6.45, 7) is 5.17. The molecule has 0 aliphatic rings. The molecule has 2 N–H and O–H groups in total. The highest BCUT2D eigenvalue weighted by Gasteiger charge is 2.25. The Morgan fingerprint density at radius 2 is 2.06 bits per heavy atom. The highest BCUT2D eigenvalue weighted by atomic mass is 79.9. The lowest BCUT2D eigenvalue weighted by Crippen LogP contribution is -2.40. The van der Waals surface area contributed by atoms with Gasteiger partial charge >= 0.3 is 0 Å². The van der Waals surface area contributed by atoms with Crippen LogP contribution in [0.25, 0.3) is 0 Å². The molecule has 1 aromatic heterocycles. The quantitative estimate of drug-likeness (QED) is 0.893. The number of sulfonamides is 1. The van der Waals surface area contributed by atoms with E-state index in [9.17, 15) is 8.42 Å². The van der Waals surface area contributed by atoms with E-state index in [1.165, 1.54) is 17.4 Å². The molecule has 0 aliphatic heterocycles. The first-order valence-corrected chi connectivity index (χ1v) is 7.68. The molecule has 0 fully saturated rings. The Bertz CT molecular complexity index is 473. The van der Waals surface area contributed by atoms with Crippen LogP contribution < -0.4 is 4.72 Å². The Balaban J connectivity index is 3.12. The molecule has 0 unspecified atom stereocenters. The van der Waals surface area contributed by atoms with E-state index in [1.54, 1.807) is 20.8 Å². The summed E-state index contributed by atoms with van der Waals surface area (Å²) in [5, 5.41) is 8.95. The van der Waals surface area contributed by atoms with Gasteiger partial charge in [-0.05, 0) is 42.8 Å². The molecule has 1 aromatic rings. The van der Waals surface area contributed by atoms with Gasteiger partial charge in [-0.2, -0.15) is 0 Å². The molecule has 0 saturated carbocycles. The van der Waals surface area contributed by atoms with Gasteiger partial charge in [0.05, 0.1) is 10.4 Å². The standard InChI is InChI=1S/C9H14BrNO3S2/c1-9(2,3)11-16(13,14)7-4-6(5-12)15-8(7)10/h4,11-12H,5H2,1-3H3. The molecule has 4 nitrogen and oxygen atoms in total. The van der Waals surface area contributed by atoms with Crippen molar-refractivity contribution in [3.63, 3.8) is 0 Å². The summed E-state index contributed by atoms with van der Waals surface area (Å²) in [7, 11) is -3.54. The molecule has 16 heavy (non-hydrogen) atoms. The van der Waals surface area contributed by atoms with Gasteiger partial charge in [-0.15, -0.1) is 11.3 Å². The van der Waals surface area contributed by atoms with Crippen molar-refractivity contribution in [2.75, 3.05) is 0 Å². The monoisotopic (exact) mass is 327 g/mol. The highest BCUT2D eigenvalue weighted by molar-refractivity contribution is 9.11. The molecule has 7 heteroatoms. The van der Waals surface area contributed by atoms with Crippen molar-refractivity contribution in [1.82, 2.24) is 4.72 Å². The fourth-order valence-electron chi connectivity index (χ4n) is 1.12. The molecular weight excluding hydrogens is 314 g/mol. The van der Waals surface area contributed by atoms with Crippen LogP contribution in [0.5, 0.6) is 0 Å². The van der Waals surface area contributed by atoms with Gasteiger partial charge in [-0.1, -0.05) is 0 Å². The third kappa shape index (κ3) is 3.53. The number of hydrogen-bond donors (Lipinski definition) is 2. The third-order valence-electron chi connectivity index (χ3n) is 1.59. The first-order chi connectivity index (χ1) is 7.15. The van der Waals surface area contributed by atoms with Crippen molar-refractivity contribution in [2.45, 2.75) is 37.8 Å². The molecule has 0 bridgehead atoms. The minimum Gasteiger partial charge on any atom is -0.391 e. The number of thiophene rings is 1. The number of hydrogen-bond acceptors (Lipinski definition) is 4. The zero-order chi connectivity index (χ0) is 12.6. The average molecular weight is 328 g/mol. The SMILES string of the molecule is CC(C)(C)NS(=O)(=O)c1cc(CO)sc1Br. The molecule has 0 atom stereocenters. The third-order valence-corrected chi connectivity index (χ3v) is 5.59. The van der Waals surface area contributed by atoms with Crippen LogP contribution in [0.15, 0.2) is 14.7 Å². The molecule has 0 aliphatic carbocycles. The average Bonchev–Trinajstić information content (AvgIpc) is 2.43. The summed E-state index contributed by atoms with van der Waals surface area (Å²) in [6, 6.07) is 1.48. The van der Waals surface area contributed by atoms with Crippen LogP contribution in [0.4, 0.5) is 0 Å². The van der Waals surface area contributed by atoms with Crippen LogP contribution in [-0.2, 0) is 16.6 Å². The number of rotatable bonds is 3. The van der Waals surface area contributed by atoms with Crippen molar-refractivity contribution in [3.05, 3.63) is 14.7 Å². The summed E-state index contributed by atoms with van der Waals surface area (Å²) in [6.07, 6.45) is 0. The smallest absolute Gasteiger partial charge is 0.243 e. The van der Waals surface area contributed by atoms with Crippen molar-refractivity contribution < 1.29 is 13.5 Å². The maximum Gasteiger partial charge on any atom is 0.243 e. The van der Waals surface area contributed by atoms with Crippen LogP contribution in [0.3, 0.4) is 0 Å². The van der Waals surface area contributed by atoms with Gasteiger partial charge in [-0.25, -0.2) is 13.1 Å². The highest BCUT2D eigenvalue weighted by Crippen LogP contribution is 2.32. The van der Waals surface area contributed by atoms with E-state index in [1.807, 2.05) is 0 Å². The maximum absolute atomic E-state index is 12.0. The summed E-state index contributed by atoms with van der Waals surface area (Å²) in [4.78, 5) is 0.789. The zero-order valence-electron chi connectivity index (χ0n) is 9.24. The summed E-state index contributed by atoms with van der Waals surface area (Å²) >= 11 is 4.40. The fourth-order valence-corrected chi connectivity index (χ4v) is 5.08. The van der Waals surface area contributed by atoms with E-state index in [2.05, 4.69) is 20.7 Å². The minimum atomic E-state index is -3.54. The molecule has 92 valence electrons. The van der Waals surface area contributed by atoms with E-state index >= 15 is 0 Å². The van der Waals surface area contributed by atoms with Crippen molar-refractivity contribution >= 4 is 37.3 Å². The Morgan fingerprint density at radius 1 is 1.50 bits per heavy atom. The van der Waals surface area contributed by atoms with Gasteiger partial charge < -0.3 is 5.11 Å². The molecule has 1 rings (SSSR count). The van der Waals surface area contributed by atoms with Crippen molar-refractivity contribution in [1.29, 1.82) is 0 Å². The molecule has 0 spiro atoms. The second kappa shape index (κ2) is 4.73. The zero-order valence-corrected chi connectivity index (χ0v) is 12.5. The Kier molecular flexibility index (Phi) is 4.18. The van der Waals surface area contributed by atoms with E-state index < -0.39 is 15.6 Å². The van der Waals surface area contributed by atoms with Crippen LogP contribution >= 0.6 is 27.3 Å². The Hall–Kier alpha value is 0.0500. The number of nitrogens with one attached hydrogen (secondary N) is 1. The predicted octanol–water partition coefficient (Wildman–Crippen LogP) is 2.08. The summed E-state index contributed by atoms with van der Waals surface area (Å²) in [5.41, 5.74) is -0.528. The van der Waals surface area contributed by atoms with Gasteiger partial charge in [-0.3, -0.25) is 0 Å². The van der Waals surface area contributed by atoms with Gasteiger partial charge in [0.2, 0.25) is 10.0 Å². The first kappa shape index (κ1) is 14.1. The lowest BCUT2D eigenvalue weighted by atomic mass is 10.1. The van der Waals surface area contributed by atoms with Gasteiger partial charge in [0.15, 0.2) is 0 Å². The molecule has 0 radical (unpaired) electrons. The van der Waals surface area contributed by atoms with Crippen LogP contribution in [0.2, 0.25) is 0 Å². The van der Waals surface area contributed by atoms with Gasteiger partial charge in [0, 0.05) is 10.4 Å². The largest absolute Gasteiger partial charge is 0.391 e. The number of aliphatic hydroxyl groups is 1. The van der Waals surface area contributed by atoms with Crippen LogP contribution in [0, 0.1) is 0 Å². The van der Waals surface area contributed by atoms with Crippen LogP contribution in [-0.4, -0.2) is 19.1 Å². The van der Waals surface area contributed by atoms with Crippen molar-refractivity contribution in [3.8, 4) is 0 Å². The Labute approximate surface area is 108 Å². The van der Waals surface area contributed by atoms with E-state index in [-0.39, 0.29) is 11.5 Å². The van der Waals surface area contributed by atoms with Gasteiger partial charge in [0.25, 0.3) is 0 Å². The molecule has 0 amide bonds.